The molecule has 0 aromatic rings. The lowest BCUT2D eigenvalue weighted by Gasteiger charge is -2.41. The first kappa shape index (κ1) is 32.4. The first-order chi connectivity index (χ1) is 18.5. The summed E-state index contributed by atoms with van der Waals surface area (Å²) in [6.45, 7) is 9.62. The van der Waals surface area contributed by atoms with Gasteiger partial charge in [-0.2, -0.15) is 0 Å². The molecule has 0 aromatic carbocycles. The van der Waals surface area contributed by atoms with Crippen molar-refractivity contribution in [2.24, 2.45) is 0 Å². The quantitative estimate of drug-likeness (QED) is 0.192. The highest BCUT2D eigenvalue weighted by atomic mass is 15.1. The fourth-order valence-corrected chi connectivity index (χ4v) is 7.94. The summed E-state index contributed by atoms with van der Waals surface area (Å²) in [4.78, 5) is 0. The molecule has 2 aliphatic carbocycles. The Hall–Kier alpha value is -0.160. The summed E-state index contributed by atoms with van der Waals surface area (Å²) in [6.07, 6.45) is 30.5. The molecule has 3 aliphatic rings. The van der Waals surface area contributed by atoms with Crippen LogP contribution in [0.3, 0.4) is 0 Å². The van der Waals surface area contributed by atoms with E-state index in [4.69, 9.17) is 0 Å². The summed E-state index contributed by atoms with van der Waals surface area (Å²) >= 11 is 0. The van der Waals surface area contributed by atoms with Crippen molar-refractivity contribution in [2.45, 2.75) is 217 Å². The molecule has 4 N–H and O–H groups in total. The van der Waals surface area contributed by atoms with E-state index < -0.39 is 0 Å². The van der Waals surface area contributed by atoms with Gasteiger partial charge >= 0.3 is 0 Å². The minimum atomic E-state index is 0.576. The monoisotopic (exact) mass is 533 g/mol. The number of unbranched alkanes of at least 4 members (excludes halogenated alkanes) is 10. The van der Waals surface area contributed by atoms with Crippen molar-refractivity contribution in [1.29, 1.82) is 0 Å². The molecule has 3 rings (SSSR count). The van der Waals surface area contributed by atoms with E-state index in [0.29, 0.717) is 48.3 Å². The second-order valence-electron chi connectivity index (χ2n) is 13.9. The number of nitrogens with one attached hydrogen (secondary N) is 4. The highest BCUT2D eigenvalue weighted by Crippen LogP contribution is 2.25. The Kier molecular flexibility index (Phi) is 16.2. The molecule has 0 amide bonds. The van der Waals surface area contributed by atoms with Gasteiger partial charge in [0.05, 0.1) is 0 Å². The molecule has 0 spiro atoms. The molecule has 0 aromatic heterocycles. The summed E-state index contributed by atoms with van der Waals surface area (Å²) in [5, 5.41) is 16.6. The molecular weight excluding hydrogens is 464 g/mol. The Morgan fingerprint density at radius 1 is 0.447 bits per heavy atom. The molecule has 38 heavy (non-hydrogen) atoms. The van der Waals surface area contributed by atoms with Gasteiger partial charge in [-0.15, -0.1) is 0 Å². The van der Waals surface area contributed by atoms with E-state index in [1.807, 2.05) is 0 Å². The average Bonchev–Trinajstić information content (AvgIpc) is 2.89. The van der Waals surface area contributed by atoms with E-state index >= 15 is 0 Å². The van der Waals surface area contributed by atoms with Crippen LogP contribution in [0.4, 0.5) is 0 Å². The summed E-state index contributed by atoms with van der Waals surface area (Å²) in [7, 11) is 0. The average molecular weight is 533 g/mol. The Balaban J connectivity index is 1.50. The van der Waals surface area contributed by atoms with Gasteiger partial charge in [0.15, 0.2) is 0 Å². The number of fused-ring (bicyclic) bond motifs is 2. The SMILES string of the molecule is CCCCCCCCCCCCC[C@H]1C[C@@H](C)N[C@H]2CCCC[C@H]2N[C@@H](C)C[C@@H](C)N[C@H]2CCCC[C@H]2N1. The minimum absolute atomic E-state index is 0.576. The maximum Gasteiger partial charge on any atom is 0.0223 e. The first-order valence-electron chi connectivity index (χ1n) is 17.6. The molecule has 1 saturated heterocycles. The zero-order chi connectivity index (χ0) is 27.0. The van der Waals surface area contributed by atoms with Gasteiger partial charge in [0.25, 0.3) is 0 Å². The molecule has 1 aliphatic heterocycles. The molecule has 4 heteroatoms. The summed E-state index contributed by atoms with van der Waals surface area (Å²) in [5.74, 6) is 0. The van der Waals surface area contributed by atoms with E-state index in [1.165, 1.54) is 141 Å². The zero-order valence-electron chi connectivity index (χ0n) is 26.2. The fourth-order valence-electron chi connectivity index (χ4n) is 7.94. The van der Waals surface area contributed by atoms with Gasteiger partial charge in [-0.1, -0.05) is 103 Å². The normalized spacial score (nSPS) is 35.7. The molecule has 0 radical (unpaired) electrons. The van der Waals surface area contributed by atoms with Crippen LogP contribution in [0.5, 0.6) is 0 Å². The standard InChI is InChI=1S/C34H68N4/c1-5-6-7-8-9-10-11-12-13-14-15-20-30-26-29(4)37-32-22-17-16-21-31(32)35-27(2)25-28(3)36-33-23-18-19-24-34(33)38-30/h27-38H,5-26H2,1-4H3/t27-,28+,29+,30-,31+,32-,33-,34+/m0/s1. The highest BCUT2D eigenvalue weighted by Gasteiger charge is 2.32. The van der Waals surface area contributed by atoms with Gasteiger partial charge in [-0.3, -0.25) is 0 Å². The van der Waals surface area contributed by atoms with E-state index in [1.54, 1.807) is 0 Å². The molecule has 4 nitrogen and oxygen atoms in total. The number of hydrogen-bond acceptors (Lipinski definition) is 4. The third-order valence-electron chi connectivity index (χ3n) is 9.98. The molecule has 8 atom stereocenters. The second kappa shape index (κ2) is 19.1. The van der Waals surface area contributed by atoms with E-state index in [9.17, 15) is 0 Å². The lowest BCUT2D eigenvalue weighted by Crippen LogP contribution is -2.59. The van der Waals surface area contributed by atoms with Crippen LogP contribution < -0.4 is 21.3 Å². The molecule has 1 heterocycles. The lowest BCUT2D eigenvalue weighted by atomic mass is 9.86. The van der Waals surface area contributed by atoms with Crippen molar-refractivity contribution in [3.63, 3.8) is 0 Å². The van der Waals surface area contributed by atoms with Crippen LogP contribution in [0.25, 0.3) is 0 Å². The van der Waals surface area contributed by atoms with Crippen LogP contribution in [0.2, 0.25) is 0 Å². The van der Waals surface area contributed by atoms with Gasteiger partial charge in [0.2, 0.25) is 0 Å². The Morgan fingerprint density at radius 3 is 1.26 bits per heavy atom. The first-order valence-corrected chi connectivity index (χ1v) is 17.6. The van der Waals surface area contributed by atoms with Crippen molar-refractivity contribution in [3.8, 4) is 0 Å². The van der Waals surface area contributed by atoms with Crippen LogP contribution in [-0.2, 0) is 0 Å². The minimum Gasteiger partial charge on any atom is -0.310 e. The second-order valence-corrected chi connectivity index (χ2v) is 13.9. The number of hydrogen-bond donors (Lipinski definition) is 4. The van der Waals surface area contributed by atoms with Crippen molar-refractivity contribution < 1.29 is 0 Å². The largest absolute Gasteiger partial charge is 0.310 e. The van der Waals surface area contributed by atoms with Gasteiger partial charge in [0.1, 0.15) is 0 Å². The molecule has 224 valence electrons. The van der Waals surface area contributed by atoms with Crippen LogP contribution in [0, 0.1) is 0 Å². The van der Waals surface area contributed by atoms with Gasteiger partial charge in [0, 0.05) is 48.3 Å². The molecule has 0 bridgehead atoms. The number of rotatable bonds is 12. The van der Waals surface area contributed by atoms with Crippen molar-refractivity contribution in [2.75, 3.05) is 0 Å². The lowest BCUT2D eigenvalue weighted by molar-refractivity contribution is 0.200. The highest BCUT2D eigenvalue weighted by molar-refractivity contribution is 4.94. The van der Waals surface area contributed by atoms with Crippen LogP contribution in [-0.4, -0.2) is 48.3 Å². The van der Waals surface area contributed by atoms with E-state index in [2.05, 4.69) is 49.0 Å². The molecule has 0 unspecified atom stereocenters. The van der Waals surface area contributed by atoms with E-state index in [-0.39, 0.29) is 0 Å². The predicted octanol–water partition coefficient (Wildman–Crippen LogP) is 8.00. The zero-order valence-corrected chi connectivity index (χ0v) is 26.2. The Morgan fingerprint density at radius 2 is 0.816 bits per heavy atom. The summed E-state index contributed by atoms with van der Waals surface area (Å²) < 4.78 is 0. The molecule has 3 fully saturated rings. The molecule has 2 saturated carbocycles. The fraction of sp³-hybridized carbons (Fsp3) is 1.00. The van der Waals surface area contributed by atoms with Crippen LogP contribution >= 0.6 is 0 Å². The smallest absolute Gasteiger partial charge is 0.0223 e. The third kappa shape index (κ3) is 12.6. The third-order valence-corrected chi connectivity index (χ3v) is 9.98. The molecular formula is C34H68N4. The van der Waals surface area contributed by atoms with Crippen LogP contribution in [0.15, 0.2) is 0 Å². The maximum absolute atomic E-state index is 4.26. The summed E-state index contributed by atoms with van der Waals surface area (Å²) in [5.41, 5.74) is 0. The predicted molar refractivity (Wildman–Crippen MR) is 167 cm³/mol. The maximum atomic E-state index is 4.26. The Labute approximate surface area is 238 Å². The van der Waals surface area contributed by atoms with Gasteiger partial charge in [-0.25, -0.2) is 0 Å². The van der Waals surface area contributed by atoms with Crippen molar-refractivity contribution in [3.05, 3.63) is 0 Å². The van der Waals surface area contributed by atoms with Gasteiger partial charge in [-0.05, 0) is 65.7 Å². The summed E-state index contributed by atoms with van der Waals surface area (Å²) in [6, 6.07) is 4.94. The van der Waals surface area contributed by atoms with Gasteiger partial charge < -0.3 is 21.3 Å². The van der Waals surface area contributed by atoms with Crippen molar-refractivity contribution >= 4 is 0 Å². The van der Waals surface area contributed by atoms with Crippen LogP contribution in [0.1, 0.15) is 169 Å². The van der Waals surface area contributed by atoms with E-state index in [0.717, 1.165) is 0 Å². The Bertz CT molecular complexity index is 583. The van der Waals surface area contributed by atoms with Crippen molar-refractivity contribution in [1.82, 2.24) is 21.3 Å². The topological polar surface area (TPSA) is 48.1 Å².